The molecule has 1 rings (SSSR count). The van der Waals surface area contributed by atoms with Crippen molar-refractivity contribution in [1.82, 2.24) is 5.32 Å². The number of nitrogens with one attached hydrogen (secondary N) is 1. The fourth-order valence-electron chi connectivity index (χ4n) is 1.94. The van der Waals surface area contributed by atoms with Crippen LogP contribution in [0.4, 0.5) is 4.39 Å². The number of hydrogen-bond donors (Lipinski definition) is 1. The Hall–Kier alpha value is -1.71. The second kappa shape index (κ2) is 6.37. The summed E-state index contributed by atoms with van der Waals surface area (Å²) in [6, 6.07) is 6.37. The van der Waals surface area contributed by atoms with E-state index in [2.05, 4.69) is 57.1 Å². The summed E-state index contributed by atoms with van der Waals surface area (Å²) < 4.78 is 13.1. The van der Waals surface area contributed by atoms with Crippen molar-refractivity contribution >= 4 is 11.5 Å². The normalized spacial score (nSPS) is 14.3. The summed E-state index contributed by atoms with van der Waals surface area (Å²) in [6.45, 7) is 14.3. The maximum absolute atomic E-state index is 13.1. The van der Waals surface area contributed by atoms with Crippen molar-refractivity contribution < 1.29 is 4.39 Å². The molecule has 1 N–H and O–H groups in total. The Bertz CT molecular complexity index is 529. The lowest BCUT2D eigenvalue weighted by atomic mass is 9.86. The van der Waals surface area contributed by atoms with E-state index < -0.39 is 0 Å². The van der Waals surface area contributed by atoms with E-state index in [1.807, 2.05) is 6.92 Å². The fourth-order valence-corrected chi connectivity index (χ4v) is 1.94. The van der Waals surface area contributed by atoms with E-state index in [0.29, 0.717) is 0 Å². The summed E-state index contributed by atoms with van der Waals surface area (Å²) >= 11 is 0. The SMILES string of the molecule is CC(=NN=C(c1ccc(F)cc1)C(C)(C)C)NC(C)(C)C. The molecule has 116 valence electrons. The molecule has 0 unspecified atom stereocenters. The zero-order valence-corrected chi connectivity index (χ0v) is 14.1. The summed E-state index contributed by atoms with van der Waals surface area (Å²) in [5.74, 6) is 0.507. The lowest BCUT2D eigenvalue weighted by Crippen LogP contribution is -2.39. The lowest BCUT2D eigenvalue weighted by molar-refractivity contribution is 0.509. The molecule has 0 aliphatic carbocycles. The monoisotopic (exact) mass is 291 g/mol. The molecule has 0 atom stereocenters. The molecule has 0 aliphatic heterocycles. The molecular formula is C17H26FN3. The first kappa shape index (κ1) is 17.3. The Kier molecular flexibility index (Phi) is 5.26. The van der Waals surface area contributed by atoms with Crippen LogP contribution in [0, 0.1) is 11.2 Å². The van der Waals surface area contributed by atoms with Crippen LogP contribution < -0.4 is 5.32 Å². The van der Waals surface area contributed by atoms with E-state index in [-0.39, 0.29) is 16.8 Å². The smallest absolute Gasteiger partial charge is 0.123 e. The molecule has 0 saturated carbocycles. The number of rotatable bonds is 2. The molecule has 1 aromatic carbocycles. The predicted molar refractivity (Wildman–Crippen MR) is 88.4 cm³/mol. The maximum Gasteiger partial charge on any atom is 0.123 e. The summed E-state index contributed by atoms with van der Waals surface area (Å²) in [5, 5.41) is 11.9. The Morgan fingerprint density at radius 1 is 0.952 bits per heavy atom. The van der Waals surface area contributed by atoms with E-state index >= 15 is 0 Å². The Balaban J connectivity index is 3.12. The van der Waals surface area contributed by atoms with Crippen LogP contribution in [0.25, 0.3) is 0 Å². The molecule has 0 heterocycles. The fraction of sp³-hybridized carbons (Fsp3) is 0.529. The largest absolute Gasteiger partial charge is 0.368 e. The van der Waals surface area contributed by atoms with Gasteiger partial charge in [-0.15, -0.1) is 5.10 Å². The zero-order chi connectivity index (χ0) is 16.3. The van der Waals surface area contributed by atoms with Crippen molar-refractivity contribution in [3.05, 3.63) is 35.6 Å². The van der Waals surface area contributed by atoms with Crippen molar-refractivity contribution in [1.29, 1.82) is 0 Å². The van der Waals surface area contributed by atoms with Crippen LogP contribution in [0.2, 0.25) is 0 Å². The van der Waals surface area contributed by atoms with E-state index in [4.69, 9.17) is 0 Å². The predicted octanol–water partition coefficient (Wildman–Crippen LogP) is 4.38. The molecule has 0 amide bonds. The van der Waals surface area contributed by atoms with Crippen LogP contribution >= 0.6 is 0 Å². The summed E-state index contributed by atoms with van der Waals surface area (Å²) in [4.78, 5) is 0. The van der Waals surface area contributed by atoms with Crippen LogP contribution in [0.15, 0.2) is 34.5 Å². The van der Waals surface area contributed by atoms with E-state index in [0.717, 1.165) is 17.1 Å². The van der Waals surface area contributed by atoms with Crippen molar-refractivity contribution in [2.45, 2.75) is 54.0 Å². The average molecular weight is 291 g/mol. The van der Waals surface area contributed by atoms with Crippen molar-refractivity contribution in [3.63, 3.8) is 0 Å². The van der Waals surface area contributed by atoms with Gasteiger partial charge in [-0.2, -0.15) is 5.10 Å². The lowest BCUT2D eigenvalue weighted by Gasteiger charge is -2.22. The van der Waals surface area contributed by atoms with Gasteiger partial charge in [0.2, 0.25) is 0 Å². The highest BCUT2D eigenvalue weighted by atomic mass is 19.1. The van der Waals surface area contributed by atoms with Crippen LogP contribution in [-0.2, 0) is 0 Å². The van der Waals surface area contributed by atoms with Crippen LogP contribution in [-0.4, -0.2) is 17.1 Å². The minimum absolute atomic E-state index is 0.0547. The van der Waals surface area contributed by atoms with Gasteiger partial charge in [-0.05, 0) is 45.4 Å². The highest BCUT2D eigenvalue weighted by Gasteiger charge is 2.21. The number of amidine groups is 1. The van der Waals surface area contributed by atoms with Crippen molar-refractivity contribution in [2.75, 3.05) is 0 Å². The number of hydrogen-bond acceptors (Lipinski definition) is 2. The minimum Gasteiger partial charge on any atom is -0.368 e. The second-order valence-electron chi connectivity index (χ2n) is 7.27. The van der Waals surface area contributed by atoms with Gasteiger partial charge < -0.3 is 5.32 Å². The van der Waals surface area contributed by atoms with Crippen LogP contribution in [0.3, 0.4) is 0 Å². The second-order valence-corrected chi connectivity index (χ2v) is 7.27. The topological polar surface area (TPSA) is 36.8 Å². The molecule has 0 fully saturated rings. The average Bonchev–Trinajstić information content (AvgIpc) is 2.27. The first-order valence-corrected chi connectivity index (χ1v) is 7.16. The maximum atomic E-state index is 13.1. The zero-order valence-electron chi connectivity index (χ0n) is 14.1. The molecule has 3 nitrogen and oxygen atoms in total. The molecule has 0 saturated heterocycles. The van der Waals surface area contributed by atoms with Gasteiger partial charge in [0.1, 0.15) is 11.7 Å². The van der Waals surface area contributed by atoms with Gasteiger partial charge in [0.05, 0.1) is 5.71 Å². The van der Waals surface area contributed by atoms with Gasteiger partial charge in [0.25, 0.3) is 0 Å². The first-order chi connectivity index (χ1) is 9.49. The van der Waals surface area contributed by atoms with Crippen molar-refractivity contribution in [2.24, 2.45) is 15.6 Å². The number of nitrogens with zero attached hydrogens (tertiary/aromatic N) is 2. The first-order valence-electron chi connectivity index (χ1n) is 7.16. The summed E-state index contributed by atoms with van der Waals surface area (Å²) in [5.41, 5.74) is 1.48. The molecule has 4 heteroatoms. The molecule has 0 radical (unpaired) electrons. The third kappa shape index (κ3) is 6.06. The highest BCUT2D eigenvalue weighted by Crippen LogP contribution is 2.22. The number of benzene rings is 1. The Labute approximate surface area is 127 Å². The third-order valence-corrected chi connectivity index (χ3v) is 2.68. The van der Waals surface area contributed by atoms with E-state index in [9.17, 15) is 4.39 Å². The van der Waals surface area contributed by atoms with E-state index in [1.165, 1.54) is 12.1 Å². The standard InChI is InChI=1S/C17H26FN3/c1-12(19-17(5,6)7)20-21-15(16(2,3)4)13-8-10-14(18)11-9-13/h8-11H,1-7H3,(H,19,20). The third-order valence-electron chi connectivity index (χ3n) is 2.68. The molecule has 0 bridgehead atoms. The van der Waals surface area contributed by atoms with E-state index in [1.54, 1.807) is 12.1 Å². The van der Waals surface area contributed by atoms with Gasteiger partial charge in [-0.25, -0.2) is 4.39 Å². The van der Waals surface area contributed by atoms with Gasteiger partial charge >= 0.3 is 0 Å². The quantitative estimate of drug-likeness (QED) is 0.490. The van der Waals surface area contributed by atoms with Crippen LogP contribution in [0.1, 0.15) is 54.0 Å². The van der Waals surface area contributed by atoms with Gasteiger partial charge in [-0.3, -0.25) is 0 Å². The summed E-state index contributed by atoms with van der Waals surface area (Å²) in [7, 11) is 0. The molecule has 0 aliphatic rings. The molecule has 1 aromatic rings. The highest BCUT2D eigenvalue weighted by molar-refractivity contribution is 6.04. The Morgan fingerprint density at radius 2 is 1.48 bits per heavy atom. The Morgan fingerprint density at radius 3 is 1.90 bits per heavy atom. The minimum atomic E-state index is -0.249. The van der Waals surface area contributed by atoms with Gasteiger partial charge in [0, 0.05) is 11.0 Å². The van der Waals surface area contributed by atoms with Gasteiger partial charge in [0.15, 0.2) is 0 Å². The van der Waals surface area contributed by atoms with Gasteiger partial charge in [-0.1, -0.05) is 32.9 Å². The van der Waals surface area contributed by atoms with Crippen molar-refractivity contribution in [3.8, 4) is 0 Å². The number of halogens is 1. The molecule has 21 heavy (non-hydrogen) atoms. The molecule has 0 aromatic heterocycles. The molecular weight excluding hydrogens is 265 g/mol. The molecule has 0 spiro atoms. The van der Waals surface area contributed by atoms with Crippen LogP contribution in [0.5, 0.6) is 0 Å². The summed E-state index contributed by atoms with van der Waals surface area (Å²) in [6.07, 6.45) is 0.